The quantitative estimate of drug-likeness (QED) is 0.814. The van der Waals surface area contributed by atoms with E-state index >= 15 is 0 Å². The van der Waals surface area contributed by atoms with Crippen molar-refractivity contribution in [1.29, 1.82) is 5.41 Å². The molecular weight excluding hydrogens is 236 g/mol. The average molecular weight is 248 g/mol. The van der Waals surface area contributed by atoms with E-state index in [0.717, 1.165) is 4.88 Å². The summed E-state index contributed by atoms with van der Waals surface area (Å²) >= 11 is 1.56. The van der Waals surface area contributed by atoms with Gasteiger partial charge < -0.3 is 15.5 Å². The molecule has 0 amide bonds. The maximum Gasteiger partial charge on any atom is 0.243 e. The van der Waals surface area contributed by atoms with Crippen LogP contribution in [0.4, 0.5) is 5.82 Å². The number of rotatable bonds is 4. The van der Waals surface area contributed by atoms with Crippen LogP contribution in [0.5, 0.6) is 5.88 Å². The molecule has 0 saturated heterocycles. The van der Waals surface area contributed by atoms with Gasteiger partial charge in [0, 0.05) is 13.3 Å². The summed E-state index contributed by atoms with van der Waals surface area (Å²) in [5.41, 5.74) is 1.16. The number of methoxy groups -OCH3 is 1. The maximum absolute atomic E-state index is 7.33. The van der Waals surface area contributed by atoms with Gasteiger partial charge in [-0.25, -0.2) is 4.98 Å². The van der Waals surface area contributed by atoms with Gasteiger partial charge in [-0.3, -0.25) is 0 Å². The fourth-order valence-corrected chi connectivity index (χ4v) is 2.14. The lowest BCUT2D eigenvalue weighted by Crippen LogP contribution is -2.04. The van der Waals surface area contributed by atoms with Crippen molar-refractivity contribution in [3.8, 4) is 16.5 Å². The number of nitrogens with zero attached hydrogens (tertiary/aromatic N) is 2. The smallest absolute Gasteiger partial charge is 0.243 e. The zero-order chi connectivity index (χ0) is 12.3. The number of hydrogen-bond donors (Lipinski definition) is 2. The first-order chi connectivity index (χ1) is 8.30. The lowest BCUT2D eigenvalue weighted by atomic mass is 10.3. The molecule has 5 nitrogen and oxygen atoms in total. The van der Waals surface area contributed by atoms with E-state index in [9.17, 15) is 0 Å². The van der Waals surface area contributed by atoms with Gasteiger partial charge in [-0.1, -0.05) is 6.07 Å². The van der Waals surface area contributed by atoms with Crippen LogP contribution in [0, 0.1) is 5.41 Å². The van der Waals surface area contributed by atoms with Gasteiger partial charge in [-0.15, -0.1) is 11.3 Å². The van der Waals surface area contributed by atoms with E-state index in [2.05, 4.69) is 15.3 Å². The molecule has 0 aliphatic rings. The zero-order valence-corrected chi connectivity index (χ0v) is 10.3. The monoisotopic (exact) mass is 248 g/mol. The van der Waals surface area contributed by atoms with Gasteiger partial charge in [0.2, 0.25) is 5.88 Å². The Bertz CT molecular complexity index is 525. The van der Waals surface area contributed by atoms with E-state index in [0.29, 0.717) is 23.1 Å². The van der Waals surface area contributed by atoms with Gasteiger partial charge >= 0.3 is 0 Å². The van der Waals surface area contributed by atoms with Gasteiger partial charge in [0.25, 0.3) is 0 Å². The summed E-state index contributed by atoms with van der Waals surface area (Å²) in [5, 5.41) is 12.2. The number of nitrogens with one attached hydrogen (secondary N) is 2. The fourth-order valence-electron chi connectivity index (χ4n) is 1.43. The first kappa shape index (κ1) is 11.5. The van der Waals surface area contributed by atoms with Crippen LogP contribution in [0.1, 0.15) is 5.69 Å². The maximum atomic E-state index is 7.33. The molecule has 2 rings (SSSR count). The second kappa shape index (κ2) is 4.92. The largest absolute Gasteiger partial charge is 0.479 e. The van der Waals surface area contributed by atoms with Crippen molar-refractivity contribution in [2.75, 3.05) is 19.5 Å². The van der Waals surface area contributed by atoms with Gasteiger partial charge in [0.1, 0.15) is 11.4 Å². The number of hydrogen-bond acceptors (Lipinski definition) is 6. The summed E-state index contributed by atoms with van der Waals surface area (Å²) in [4.78, 5) is 9.66. The summed E-state index contributed by atoms with van der Waals surface area (Å²) < 4.78 is 5.23. The zero-order valence-electron chi connectivity index (χ0n) is 9.52. The highest BCUT2D eigenvalue weighted by Gasteiger charge is 2.14. The third-order valence-electron chi connectivity index (χ3n) is 2.21. The molecule has 0 spiro atoms. The minimum atomic E-state index is 0.461. The molecule has 0 bridgehead atoms. The predicted octanol–water partition coefficient (Wildman–Crippen LogP) is 2.25. The molecular formula is C11H12N4OS. The van der Waals surface area contributed by atoms with Crippen LogP contribution in [-0.4, -0.2) is 30.3 Å². The molecule has 6 heteroatoms. The Morgan fingerprint density at radius 3 is 2.82 bits per heavy atom. The van der Waals surface area contributed by atoms with Crippen LogP contribution in [0.25, 0.3) is 10.6 Å². The SMILES string of the molecule is CNc1nc(OC)c(-c2cccs2)nc1C=N. The van der Waals surface area contributed by atoms with Crippen molar-refractivity contribution in [2.45, 2.75) is 0 Å². The van der Waals surface area contributed by atoms with E-state index in [-0.39, 0.29) is 0 Å². The Balaban J connectivity index is 2.62. The Hall–Kier alpha value is -1.95. The second-order valence-corrected chi connectivity index (χ2v) is 4.13. The lowest BCUT2D eigenvalue weighted by Gasteiger charge is -2.09. The molecule has 0 aliphatic carbocycles. The fraction of sp³-hybridized carbons (Fsp3) is 0.182. The van der Waals surface area contributed by atoms with E-state index in [1.165, 1.54) is 6.21 Å². The third-order valence-corrected chi connectivity index (χ3v) is 3.09. The van der Waals surface area contributed by atoms with Crippen LogP contribution >= 0.6 is 11.3 Å². The van der Waals surface area contributed by atoms with Crippen LogP contribution < -0.4 is 10.1 Å². The summed E-state index contributed by atoms with van der Waals surface area (Å²) in [6, 6.07) is 3.89. The van der Waals surface area contributed by atoms with E-state index < -0.39 is 0 Å². The molecule has 0 radical (unpaired) electrons. The summed E-state index contributed by atoms with van der Waals surface area (Å²) in [6.45, 7) is 0. The topological polar surface area (TPSA) is 70.9 Å². The first-order valence-corrected chi connectivity index (χ1v) is 5.86. The minimum absolute atomic E-state index is 0.461. The van der Waals surface area contributed by atoms with Crippen molar-refractivity contribution in [3.63, 3.8) is 0 Å². The summed E-state index contributed by atoms with van der Waals surface area (Å²) in [5.74, 6) is 1.000. The first-order valence-electron chi connectivity index (χ1n) is 4.98. The van der Waals surface area contributed by atoms with Gasteiger partial charge in [-0.05, 0) is 11.4 Å². The Kier molecular flexibility index (Phi) is 3.34. The van der Waals surface area contributed by atoms with Gasteiger partial charge in [0.05, 0.1) is 12.0 Å². The van der Waals surface area contributed by atoms with Crippen molar-refractivity contribution >= 4 is 23.4 Å². The van der Waals surface area contributed by atoms with Crippen molar-refractivity contribution in [2.24, 2.45) is 0 Å². The molecule has 0 unspecified atom stereocenters. The minimum Gasteiger partial charge on any atom is -0.479 e. The summed E-state index contributed by atoms with van der Waals surface area (Å²) in [6.07, 6.45) is 1.18. The van der Waals surface area contributed by atoms with E-state index in [1.807, 2.05) is 17.5 Å². The Morgan fingerprint density at radius 2 is 2.29 bits per heavy atom. The van der Waals surface area contributed by atoms with Gasteiger partial charge in [-0.2, -0.15) is 4.98 Å². The molecule has 2 heterocycles. The molecule has 0 aromatic carbocycles. The number of ether oxygens (including phenoxy) is 1. The number of aromatic nitrogens is 2. The second-order valence-electron chi connectivity index (χ2n) is 3.19. The molecule has 0 atom stereocenters. The van der Waals surface area contributed by atoms with Crippen molar-refractivity contribution in [1.82, 2.24) is 9.97 Å². The van der Waals surface area contributed by atoms with Gasteiger partial charge in [0.15, 0.2) is 5.82 Å². The molecule has 2 N–H and O–H groups in total. The molecule has 17 heavy (non-hydrogen) atoms. The standard InChI is InChI=1S/C11H12N4OS/c1-13-10-7(6-12)14-9(11(15-10)16-2)8-4-3-5-17-8/h3-6,12H,1-2H3,(H,13,15). The van der Waals surface area contributed by atoms with E-state index in [4.69, 9.17) is 10.1 Å². The van der Waals surface area contributed by atoms with Crippen LogP contribution in [0.15, 0.2) is 17.5 Å². The molecule has 88 valence electrons. The van der Waals surface area contributed by atoms with Crippen molar-refractivity contribution in [3.05, 3.63) is 23.2 Å². The summed E-state index contributed by atoms with van der Waals surface area (Å²) in [7, 11) is 3.30. The van der Waals surface area contributed by atoms with Crippen molar-refractivity contribution < 1.29 is 4.74 Å². The highest BCUT2D eigenvalue weighted by atomic mass is 32.1. The predicted molar refractivity (Wildman–Crippen MR) is 69.3 cm³/mol. The molecule has 2 aromatic heterocycles. The molecule has 2 aromatic rings. The molecule has 0 saturated carbocycles. The van der Waals surface area contributed by atoms with Crippen LogP contribution in [-0.2, 0) is 0 Å². The highest BCUT2D eigenvalue weighted by molar-refractivity contribution is 7.13. The molecule has 0 fully saturated rings. The number of anilines is 1. The third kappa shape index (κ3) is 2.12. The molecule has 0 aliphatic heterocycles. The lowest BCUT2D eigenvalue weighted by molar-refractivity contribution is 0.398. The number of thiophene rings is 1. The average Bonchev–Trinajstić information content (AvgIpc) is 2.90. The Morgan fingerprint density at radius 1 is 1.47 bits per heavy atom. The van der Waals surface area contributed by atoms with E-state index in [1.54, 1.807) is 25.5 Å². The van der Waals surface area contributed by atoms with Crippen LogP contribution in [0.2, 0.25) is 0 Å². The normalized spacial score (nSPS) is 10.0. The van der Waals surface area contributed by atoms with Crippen LogP contribution in [0.3, 0.4) is 0 Å². The highest BCUT2D eigenvalue weighted by Crippen LogP contribution is 2.31. The Labute approximate surface area is 103 Å².